The molecule has 0 spiro atoms. The number of likely N-dealkylation sites (tertiary alicyclic amines) is 1. The van der Waals surface area contributed by atoms with Crippen molar-refractivity contribution in [3.63, 3.8) is 0 Å². The fourth-order valence-corrected chi connectivity index (χ4v) is 4.94. The zero-order valence-corrected chi connectivity index (χ0v) is 19.1. The molecule has 1 amide bonds. The van der Waals surface area contributed by atoms with Gasteiger partial charge >= 0.3 is 0 Å². The Hall–Kier alpha value is -2.57. The summed E-state index contributed by atoms with van der Waals surface area (Å²) in [6, 6.07) is 17.3. The second-order valence-electron chi connectivity index (χ2n) is 8.32. The number of hydrogen-bond acceptors (Lipinski definition) is 4. The summed E-state index contributed by atoms with van der Waals surface area (Å²) >= 11 is 1.49. The molecule has 0 unspecified atom stereocenters. The molecule has 3 aromatic rings. The van der Waals surface area contributed by atoms with Crippen LogP contribution in [0.5, 0.6) is 0 Å². The van der Waals surface area contributed by atoms with Crippen LogP contribution in [0.1, 0.15) is 29.5 Å². The maximum absolute atomic E-state index is 12.6. The number of rotatable bonds is 7. The third-order valence-corrected chi connectivity index (χ3v) is 6.59. The molecule has 4 rings (SSSR count). The van der Waals surface area contributed by atoms with Crippen molar-refractivity contribution >= 4 is 17.7 Å². The summed E-state index contributed by atoms with van der Waals surface area (Å²) < 4.78 is 2.06. The maximum Gasteiger partial charge on any atom is 0.230 e. The van der Waals surface area contributed by atoms with Gasteiger partial charge in [0.2, 0.25) is 5.91 Å². The van der Waals surface area contributed by atoms with Crippen molar-refractivity contribution in [1.29, 1.82) is 0 Å². The van der Waals surface area contributed by atoms with Gasteiger partial charge in [-0.15, -0.1) is 0 Å². The van der Waals surface area contributed by atoms with Crippen LogP contribution >= 0.6 is 11.8 Å². The number of nitrogens with one attached hydrogen (secondary N) is 1. The lowest BCUT2D eigenvalue weighted by molar-refractivity contribution is -0.119. The number of piperidine rings is 1. The number of nitrogens with zero attached hydrogens (tertiary/aromatic N) is 3. The number of aryl methyl sites for hydroxylation is 2. The van der Waals surface area contributed by atoms with Gasteiger partial charge in [-0.2, -0.15) is 0 Å². The fraction of sp³-hybridized carbons (Fsp3) is 0.360. The van der Waals surface area contributed by atoms with E-state index in [1.165, 1.54) is 28.5 Å². The summed E-state index contributed by atoms with van der Waals surface area (Å²) in [6.45, 7) is 7.21. The first-order valence-corrected chi connectivity index (χ1v) is 11.9. The molecule has 6 heteroatoms. The summed E-state index contributed by atoms with van der Waals surface area (Å²) in [4.78, 5) is 19.5. The molecule has 1 N–H and O–H groups in total. The second kappa shape index (κ2) is 10.2. The van der Waals surface area contributed by atoms with E-state index in [0.29, 0.717) is 5.75 Å². The molecule has 1 aliphatic heterocycles. The minimum Gasteiger partial charge on any atom is -0.353 e. The largest absolute Gasteiger partial charge is 0.353 e. The first-order valence-electron chi connectivity index (χ1n) is 10.9. The van der Waals surface area contributed by atoms with Crippen LogP contribution in [0.4, 0.5) is 0 Å². The maximum atomic E-state index is 12.6. The molecular formula is C25H30N4OS. The zero-order valence-electron chi connectivity index (χ0n) is 18.3. The van der Waals surface area contributed by atoms with Crippen LogP contribution in [0.15, 0.2) is 66.1 Å². The Morgan fingerprint density at radius 1 is 1.10 bits per heavy atom. The van der Waals surface area contributed by atoms with E-state index < -0.39 is 0 Å². The molecule has 0 saturated carbocycles. The van der Waals surface area contributed by atoms with E-state index in [0.717, 1.165) is 43.3 Å². The van der Waals surface area contributed by atoms with E-state index >= 15 is 0 Å². The van der Waals surface area contributed by atoms with Gasteiger partial charge in [0.05, 0.1) is 5.75 Å². The van der Waals surface area contributed by atoms with Crippen LogP contribution < -0.4 is 5.32 Å². The molecule has 162 valence electrons. The highest BCUT2D eigenvalue weighted by atomic mass is 32.2. The topological polar surface area (TPSA) is 50.2 Å². The van der Waals surface area contributed by atoms with Crippen LogP contribution in [0, 0.1) is 13.8 Å². The Balaban J connectivity index is 1.25. The number of benzene rings is 2. The molecule has 2 aromatic carbocycles. The van der Waals surface area contributed by atoms with Crippen LogP contribution in [-0.4, -0.2) is 45.2 Å². The SMILES string of the molecule is Cc1cc(C)cc(-n2ccnc2SCC(=O)NC2CCN(Cc3ccccc3)CC2)c1. The van der Waals surface area contributed by atoms with Crippen molar-refractivity contribution in [1.82, 2.24) is 19.8 Å². The lowest BCUT2D eigenvalue weighted by Crippen LogP contribution is -2.44. The highest BCUT2D eigenvalue weighted by Gasteiger charge is 2.21. The average molecular weight is 435 g/mol. The van der Waals surface area contributed by atoms with Crippen LogP contribution in [-0.2, 0) is 11.3 Å². The third-order valence-electron chi connectivity index (χ3n) is 5.63. The predicted molar refractivity (Wildman–Crippen MR) is 127 cm³/mol. The van der Waals surface area contributed by atoms with Crippen LogP contribution in [0.25, 0.3) is 5.69 Å². The van der Waals surface area contributed by atoms with Gasteiger partial charge in [-0.3, -0.25) is 14.3 Å². The number of imidazole rings is 1. The van der Waals surface area contributed by atoms with Gasteiger partial charge in [0, 0.05) is 43.8 Å². The number of aromatic nitrogens is 2. The second-order valence-corrected chi connectivity index (χ2v) is 9.26. The molecule has 1 aliphatic rings. The molecule has 0 bridgehead atoms. The molecular weight excluding hydrogens is 404 g/mol. The first-order chi connectivity index (χ1) is 15.1. The highest BCUT2D eigenvalue weighted by Crippen LogP contribution is 2.22. The molecule has 0 radical (unpaired) electrons. The van der Waals surface area contributed by atoms with Crippen molar-refractivity contribution in [2.24, 2.45) is 0 Å². The smallest absolute Gasteiger partial charge is 0.230 e. The van der Waals surface area contributed by atoms with Gasteiger partial charge in [-0.1, -0.05) is 48.2 Å². The van der Waals surface area contributed by atoms with Crippen LogP contribution in [0.2, 0.25) is 0 Å². The molecule has 5 nitrogen and oxygen atoms in total. The van der Waals surface area contributed by atoms with Gasteiger partial charge < -0.3 is 5.32 Å². The molecule has 31 heavy (non-hydrogen) atoms. The monoisotopic (exact) mass is 434 g/mol. The van der Waals surface area contributed by atoms with Gasteiger partial charge in [0.15, 0.2) is 5.16 Å². The zero-order chi connectivity index (χ0) is 21.6. The molecule has 2 heterocycles. The summed E-state index contributed by atoms with van der Waals surface area (Å²) in [5.74, 6) is 0.466. The van der Waals surface area contributed by atoms with E-state index in [2.05, 4.69) is 82.1 Å². The van der Waals surface area contributed by atoms with Gasteiger partial charge in [-0.05, 0) is 55.5 Å². The molecule has 0 atom stereocenters. The van der Waals surface area contributed by atoms with E-state index in [4.69, 9.17) is 0 Å². The number of carbonyl (C=O) groups is 1. The van der Waals surface area contributed by atoms with E-state index in [1.54, 1.807) is 6.20 Å². The van der Waals surface area contributed by atoms with E-state index in [9.17, 15) is 4.79 Å². The lowest BCUT2D eigenvalue weighted by Gasteiger charge is -2.32. The fourth-order valence-electron chi connectivity index (χ4n) is 4.16. The Kier molecular flexibility index (Phi) is 7.10. The van der Waals surface area contributed by atoms with E-state index in [-0.39, 0.29) is 11.9 Å². The standard InChI is InChI=1S/C25H30N4OS/c1-19-14-20(2)16-23(15-19)29-13-10-26-25(29)31-18-24(30)27-22-8-11-28(12-9-22)17-21-6-4-3-5-7-21/h3-7,10,13-16,22H,8-9,11-12,17-18H2,1-2H3,(H,27,30). The Morgan fingerprint density at radius 2 is 1.81 bits per heavy atom. The normalized spacial score (nSPS) is 15.2. The predicted octanol–water partition coefficient (Wildman–Crippen LogP) is 4.36. The number of hydrogen-bond donors (Lipinski definition) is 1. The molecule has 1 saturated heterocycles. The summed E-state index contributed by atoms with van der Waals surface area (Å²) in [7, 11) is 0. The van der Waals surface area contributed by atoms with Gasteiger partial charge in [0.25, 0.3) is 0 Å². The number of carbonyl (C=O) groups excluding carboxylic acids is 1. The molecule has 0 aliphatic carbocycles. The van der Waals surface area contributed by atoms with Crippen molar-refractivity contribution in [3.8, 4) is 5.69 Å². The van der Waals surface area contributed by atoms with E-state index in [1.807, 2.05) is 6.20 Å². The first kappa shape index (κ1) is 21.7. The number of amides is 1. The molecule has 1 aromatic heterocycles. The lowest BCUT2D eigenvalue weighted by atomic mass is 10.0. The van der Waals surface area contributed by atoms with Crippen LogP contribution in [0.3, 0.4) is 0 Å². The minimum absolute atomic E-state index is 0.0847. The Labute approximate surface area is 188 Å². The Morgan fingerprint density at radius 3 is 2.52 bits per heavy atom. The van der Waals surface area contributed by atoms with Gasteiger partial charge in [0.1, 0.15) is 0 Å². The van der Waals surface area contributed by atoms with Crippen molar-refractivity contribution in [3.05, 3.63) is 77.6 Å². The van der Waals surface area contributed by atoms with Gasteiger partial charge in [-0.25, -0.2) is 4.98 Å². The Bertz CT molecular complexity index is 989. The van der Waals surface area contributed by atoms with Crippen molar-refractivity contribution in [2.45, 2.75) is 44.4 Å². The average Bonchev–Trinajstić information content (AvgIpc) is 3.23. The van der Waals surface area contributed by atoms with Crippen molar-refractivity contribution < 1.29 is 4.79 Å². The third kappa shape index (κ3) is 5.99. The van der Waals surface area contributed by atoms with Crippen molar-refractivity contribution in [2.75, 3.05) is 18.8 Å². The summed E-state index contributed by atoms with van der Waals surface area (Å²) in [5, 5.41) is 4.06. The molecule has 1 fully saturated rings. The quantitative estimate of drug-likeness (QED) is 0.561. The minimum atomic E-state index is 0.0847. The summed E-state index contributed by atoms with van der Waals surface area (Å²) in [6.07, 6.45) is 5.75. The highest BCUT2D eigenvalue weighted by molar-refractivity contribution is 7.99. The number of thioether (sulfide) groups is 1. The summed E-state index contributed by atoms with van der Waals surface area (Å²) in [5.41, 5.74) is 4.87.